The van der Waals surface area contributed by atoms with Gasteiger partial charge >= 0.3 is 0 Å². The van der Waals surface area contributed by atoms with Crippen molar-refractivity contribution in [3.63, 3.8) is 0 Å². The highest BCUT2D eigenvalue weighted by Gasteiger charge is 2.11. The third-order valence-corrected chi connectivity index (χ3v) is 3.55. The minimum Gasteiger partial charge on any atom is -0.497 e. The molecule has 2 aromatic carbocycles. The van der Waals surface area contributed by atoms with E-state index in [-0.39, 0.29) is 0 Å². The number of carbonyl (C=O) groups is 1. The molecule has 3 aromatic rings. The lowest BCUT2D eigenvalue weighted by atomic mass is 10.1. The zero-order chi connectivity index (χ0) is 16.2. The Balaban J connectivity index is 2.08. The molecule has 0 aliphatic rings. The number of ether oxygens (including phenoxy) is 2. The summed E-state index contributed by atoms with van der Waals surface area (Å²) in [5.41, 5.74) is 3.01. The molecular formula is C18H16N2O3. The molecule has 0 saturated heterocycles. The van der Waals surface area contributed by atoms with Gasteiger partial charge in [0.2, 0.25) is 0 Å². The van der Waals surface area contributed by atoms with Crippen LogP contribution in [0.15, 0.2) is 54.6 Å². The number of aromatic nitrogens is 2. The second-order valence-corrected chi connectivity index (χ2v) is 4.91. The Bertz CT molecular complexity index is 740. The second-order valence-electron chi connectivity index (χ2n) is 4.91. The fourth-order valence-electron chi connectivity index (χ4n) is 2.34. The van der Waals surface area contributed by atoms with Gasteiger partial charge in [-0.1, -0.05) is 0 Å². The van der Waals surface area contributed by atoms with Crippen molar-refractivity contribution in [2.24, 2.45) is 0 Å². The highest BCUT2D eigenvalue weighted by atomic mass is 16.5. The van der Waals surface area contributed by atoms with Gasteiger partial charge in [-0.15, -0.1) is 0 Å². The molecule has 0 amide bonds. The lowest BCUT2D eigenvalue weighted by Gasteiger charge is -2.09. The molecule has 0 atom stereocenters. The van der Waals surface area contributed by atoms with Crippen LogP contribution in [-0.2, 0) is 0 Å². The van der Waals surface area contributed by atoms with Gasteiger partial charge in [0.25, 0.3) is 0 Å². The van der Waals surface area contributed by atoms with Crippen molar-refractivity contribution >= 4 is 6.29 Å². The van der Waals surface area contributed by atoms with Gasteiger partial charge in [-0.2, -0.15) is 5.10 Å². The quantitative estimate of drug-likeness (QED) is 0.678. The van der Waals surface area contributed by atoms with E-state index in [9.17, 15) is 4.79 Å². The first-order chi connectivity index (χ1) is 11.2. The summed E-state index contributed by atoms with van der Waals surface area (Å²) >= 11 is 0. The smallest absolute Gasteiger partial charge is 0.170 e. The predicted octanol–water partition coefficient (Wildman–Crippen LogP) is 3.37. The molecule has 0 saturated carbocycles. The van der Waals surface area contributed by atoms with Crippen LogP contribution in [0.1, 0.15) is 10.5 Å². The largest absolute Gasteiger partial charge is 0.497 e. The summed E-state index contributed by atoms with van der Waals surface area (Å²) in [5.74, 6) is 1.54. The first-order valence-electron chi connectivity index (χ1n) is 7.09. The van der Waals surface area contributed by atoms with Crippen molar-refractivity contribution in [1.29, 1.82) is 0 Å². The molecule has 0 N–H and O–H groups in total. The standard InChI is InChI=1S/C18H16N2O3/c1-22-16-7-3-13(4-8-16)18-11-14(12-21)19-20(18)15-5-9-17(23-2)10-6-15/h3-12H,1-2H3. The summed E-state index contributed by atoms with van der Waals surface area (Å²) in [6.45, 7) is 0. The summed E-state index contributed by atoms with van der Waals surface area (Å²) in [7, 11) is 3.25. The molecular weight excluding hydrogens is 292 g/mol. The van der Waals surface area contributed by atoms with E-state index in [1.54, 1.807) is 25.0 Å². The van der Waals surface area contributed by atoms with Crippen LogP contribution in [0.5, 0.6) is 11.5 Å². The minimum atomic E-state index is 0.381. The van der Waals surface area contributed by atoms with Crippen molar-refractivity contribution in [3.05, 3.63) is 60.3 Å². The van der Waals surface area contributed by atoms with Gasteiger partial charge in [0.1, 0.15) is 17.2 Å². The predicted molar refractivity (Wildman–Crippen MR) is 87.5 cm³/mol. The van der Waals surface area contributed by atoms with Crippen molar-refractivity contribution < 1.29 is 14.3 Å². The number of hydrogen-bond acceptors (Lipinski definition) is 4. The number of rotatable bonds is 5. The van der Waals surface area contributed by atoms with Crippen molar-refractivity contribution in [2.45, 2.75) is 0 Å². The zero-order valence-electron chi connectivity index (χ0n) is 12.9. The molecule has 0 aliphatic heterocycles. The Hall–Kier alpha value is -3.08. The van der Waals surface area contributed by atoms with Crippen molar-refractivity contribution in [2.75, 3.05) is 14.2 Å². The Kier molecular flexibility index (Phi) is 4.10. The summed E-state index contributed by atoms with van der Waals surface area (Å²) < 4.78 is 12.1. The maximum atomic E-state index is 11.1. The van der Waals surface area contributed by atoms with Gasteiger partial charge in [-0.3, -0.25) is 4.79 Å². The van der Waals surface area contributed by atoms with Gasteiger partial charge in [0.05, 0.1) is 25.6 Å². The van der Waals surface area contributed by atoms with Crippen LogP contribution in [0, 0.1) is 0 Å². The average Bonchev–Trinajstić information content (AvgIpc) is 3.06. The second kappa shape index (κ2) is 6.36. The van der Waals surface area contributed by atoms with Crippen molar-refractivity contribution in [3.8, 4) is 28.4 Å². The summed E-state index contributed by atoms with van der Waals surface area (Å²) in [4.78, 5) is 11.1. The fourth-order valence-corrected chi connectivity index (χ4v) is 2.34. The van der Waals surface area contributed by atoms with Crippen LogP contribution in [-0.4, -0.2) is 30.3 Å². The maximum Gasteiger partial charge on any atom is 0.170 e. The lowest BCUT2D eigenvalue weighted by Crippen LogP contribution is -1.99. The SMILES string of the molecule is COc1ccc(-c2cc(C=O)nn2-c2ccc(OC)cc2)cc1. The first-order valence-corrected chi connectivity index (χ1v) is 7.09. The number of nitrogens with zero attached hydrogens (tertiary/aromatic N) is 2. The van der Waals surface area contributed by atoms with E-state index in [1.807, 2.05) is 48.5 Å². The molecule has 116 valence electrons. The van der Waals surface area contributed by atoms with Crippen molar-refractivity contribution in [1.82, 2.24) is 9.78 Å². The zero-order valence-corrected chi connectivity index (χ0v) is 12.9. The number of aldehydes is 1. The van der Waals surface area contributed by atoms with E-state index in [0.717, 1.165) is 34.7 Å². The minimum absolute atomic E-state index is 0.381. The molecule has 3 rings (SSSR count). The van der Waals surface area contributed by atoms with Gasteiger partial charge in [-0.05, 0) is 54.6 Å². The van der Waals surface area contributed by atoms with E-state index < -0.39 is 0 Å². The molecule has 0 unspecified atom stereocenters. The van der Waals surface area contributed by atoms with Crippen LogP contribution < -0.4 is 9.47 Å². The third-order valence-electron chi connectivity index (χ3n) is 3.55. The summed E-state index contributed by atoms with van der Waals surface area (Å²) in [6.07, 6.45) is 0.743. The molecule has 5 nitrogen and oxygen atoms in total. The summed E-state index contributed by atoms with van der Waals surface area (Å²) in [5, 5.41) is 4.35. The van der Waals surface area contributed by atoms with Gasteiger partial charge in [0.15, 0.2) is 6.29 Å². The Labute approximate surface area is 134 Å². The van der Waals surface area contributed by atoms with E-state index in [0.29, 0.717) is 5.69 Å². The third kappa shape index (κ3) is 2.94. The normalized spacial score (nSPS) is 10.3. The lowest BCUT2D eigenvalue weighted by molar-refractivity contribution is 0.111. The van der Waals surface area contributed by atoms with Gasteiger partial charge in [-0.25, -0.2) is 4.68 Å². The van der Waals surface area contributed by atoms with Gasteiger partial charge < -0.3 is 9.47 Å². The number of benzene rings is 2. The molecule has 0 spiro atoms. The molecule has 23 heavy (non-hydrogen) atoms. The monoisotopic (exact) mass is 308 g/mol. The maximum absolute atomic E-state index is 11.1. The first kappa shape index (κ1) is 14.8. The molecule has 5 heteroatoms. The van der Waals surface area contributed by atoms with Crippen LogP contribution in [0.4, 0.5) is 0 Å². The number of hydrogen-bond donors (Lipinski definition) is 0. The Morgan fingerprint density at radius 3 is 2.00 bits per heavy atom. The Morgan fingerprint density at radius 1 is 0.913 bits per heavy atom. The van der Waals surface area contributed by atoms with Crippen LogP contribution >= 0.6 is 0 Å². The highest BCUT2D eigenvalue weighted by molar-refractivity contribution is 5.76. The van der Waals surface area contributed by atoms with E-state index in [1.165, 1.54) is 0 Å². The molecule has 1 aromatic heterocycles. The molecule has 0 bridgehead atoms. The summed E-state index contributed by atoms with van der Waals surface area (Å²) in [6, 6.07) is 16.9. The molecule has 0 aliphatic carbocycles. The van der Waals surface area contributed by atoms with Crippen LogP contribution in [0.3, 0.4) is 0 Å². The fraction of sp³-hybridized carbons (Fsp3) is 0.111. The van der Waals surface area contributed by atoms with Crippen LogP contribution in [0.25, 0.3) is 16.9 Å². The Morgan fingerprint density at radius 2 is 1.48 bits per heavy atom. The molecule has 1 heterocycles. The van der Waals surface area contributed by atoms with Crippen LogP contribution in [0.2, 0.25) is 0 Å². The topological polar surface area (TPSA) is 53.3 Å². The van der Waals surface area contributed by atoms with E-state index in [2.05, 4.69) is 5.10 Å². The van der Waals surface area contributed by atoms with Gasteiger partial charge in [0, 0.05) is 5.56 Å². The van der Waals surface area contributed by atoms with E-state index in [4.69, 9.17) is 9.47 Å². The number of methoxy groups -OCH3 is 2. The highest BCUT2D eigenvalue weighted by Crippen LogP contribution is 2.26. The average molecular weight is 308 g/mol. The number of carbonyl (C=O) groups excluding carboxylic acids is 1. The molecule has 0 fully saturated rings. The van der Waals surface area contributed by atoms with E-state index >= 15 is 0 Å². The molecule has 0 radical (unpaired) electrons.